The van der Waals surface area contributed by atoms with E-state index in [1.807, 2.05) is 38.1 Å². The number of benzene rings is 1. The first-order chi connectivity index (χ1) is 13.7. The Kier molecular flexibility index (Phi) is 8.71. The van der Waals surface area contributed by atoms with E-state index in [1.165, 1.54) is 17.5 Å². The molecule has 0 aliphatic heterocycles. The van der Waals surface area contributed by atoms with Crippen molar-refractivity contribution in [2.45, 2.75) is 39.2 Å². The number of unbranched alkanes of at least 4 members (excludes halogenated alkanes) is 1. The molecule has 0 radical (unpaired) electrons. The van der Waals surface area contributed by atoms with Crippen LogP contribution in [-0.2, 0) is 0 Å². The number of Topliss-reactive ketones (excluding diaryl/α,β-unsaturated/α-hetero) is 1. The van der Waals surface area contributed by atoms with E-state index in [4.69, 9.17) is 5.73 Å². The minimum absolute atomic E-state index is 0.166. The molecule has 0 fully saturated rings. The summed E-state index contributed by atoms with van der Waals surface area (Å²) in [6.07, 6.45) is 5.16. The second kappa shape index (κ2) is 11.3. The summed E-state index contributed by atoms with van der Waals surface area (Å²) in [6, 6.07) is 10.3. The molecule has 0 saturated carbocycles. The van der Waals surface area contributed by atoms with E-state index in [0.717, 1.165) is 23.1 Å². The molecule has 0 aliphatic rings. The van der Waals surface area contributed by atoms with Crippen LogP contribution < -0.4 is 11.1 Å². The lowest BCUT2D eigenvalue weighted by Gasteiger charge is -2.16. The molecule has 3 N–H and O–H groups in total. The Morgan fingerprint density at radius 2 is 1.93 bits per heavy atom. The second-order valence-corrected chi connectivity index (χ2v) is 6.93. The first-order valence-electron chi connectivity index (χ1n) is 9.50. The number of carbonyl (C=O) groups is 2. The second-order valence-electron chi connectivity index (χ2n) is 5.90. The molecule has 1 aromatic carbocycles. The molecule has 3 rings (SSSR count). The van der Waals surface area contributed by atoms with Crippen molar-refractivity contribution in [2.24, 2.45) is 5.73 Å². The molecule has 0 saturated heterocycles. The molecule has 7 heteroatoms. The van der Waals surface area contributed by atoms with Crippen molar-refractivity contribution in [3.8, 4) is 0 Å². The molecular weight excluding hydrogens is 372 g/mol. The summed E-state index contributed by atoms with van der Waals surface area (Å²) in [6.45, 7) is 4.55. The highest BCUT2D eigenvalue weighted by Crippen LogP contribution is 2.23. The summed E-state index contributed by atoms with van der Waals surface area (Å²) < 4.78 is 0.954. The monoisotopic (exact) mass is 398 g/mol. The lowest BCUT2D eigenvalue weighted by Crippen LogP contribution is -2.41. The van der Waals surface area contributed by atoms with Crippen LogP contribution in [0.3, 0.4) is 0 Å². The van der Waals surface area contributed by atoms with Crippen molar-refractivity contribution in [1.29, 1.82) is 0 Å². The van der Waals surface area contributed by atoms with Crippen molar-refractivity contribution in [2.75, 3.05) is 6.54 Å². The van der Waals surface area contributed by atoms with Gasteiger partial charge in [0, 0.05) is 12.4 Å². The minimum atomic E-state index is -0.630. The van der Waals surface area contributed by atoms with Crippen molar-refractivity contribution >= 4 is 33.2 Å². The van der Waals surface area contributed by atoms with Gasteiger partial charge in [-0.15, -0.1) is 11.3 Å². The number of rotatable bonds is 8. The van der Waals surface area contributed by atoms with Gasteiger partial charge in [0.15, 0.2) is 5.01 Å². The zero-order valence-electron chi connectivity index (χ0n) is 16.2. The van der Waals surface area contributed by atoms with Crippen molar-refractivity contribution < 1.29 is 9.59 Å². The third-order valence-electron chi connectivity index (χ3n) is 4.00. The van der Waals surface area contributed by atoms with Crippen molar-refractivity contribution in [3.63, 3.8) is 0 Å². The van der Waals surface area contributed by atoms with Crippen LogP contribution in [0.25, 0.3) is 10.2 Å². The molecule has 0 spiro atoms. The Hall–Kier alpha value is -2.64. The van der Waals surface area contributed by atoms with E-state index in [0.29, 0.717) is 23.5 Å². The Morgan fingerprint density at radius 1 is 1.14 bits per heavy atom. The smallest absolute Gasteiger partial charge is 0.253 e. The number of amides is 1. The maximum atomic E-state index is 13.0. The highest BCUT2D eigenvalue weighted by molar-refractivity contribution is 7.20. The first kappa shape index (κ1) is 21.7. The number of nitrogens with one attached hydrogen (secondary N) is 1. The van der Waals surface area contributed by atoms with Crippen LogP contribution in [0.15, 0.2) is 48.8 Å². The van der Waals surface area contributed by atoms with Gasteiger partial charge in [0.1, 0.15) is 0 Å². The standard InChI is InChI=1S/C19H20N4O2S.C2H6/c20-10-4-3-8-15(22-18(25)13-6-5-11-21-12-13)17(24)19-23-14-7-1-2-9-16(14)26-19;1-2/h1-2,5-7,9,11-12,15H,3-4,8,10,20H2,(H,22,25);1-2H3. The number of pyridine rings is 1. The topological polar surface area (TPSA) is 98.0 Å². The van der Waals surface area contributed by atoms with Gasteiger partial charge < -0.3 is 11.1 Å². The summed E-state index contributed by atoms with van der Waals surface area (Å²) >= 11 is 1.35. The number of para-hydroxylation sites is 1. The lowest BCUT2D eigenvalue weighted by atomic mass is 10.0. The highest BCUT2D eigenvalue weighted by atomic mass is 32.1. The van der Waals surface area contributed by atoms with Gasteiger partial charge in [-0.1, -0.05) is 26.0 Å². The van der Waals surface area contributed by atoms with Crippen LogP contribution in [0.5, 0.6) is 0 Å². The molecule has 28 heavy (non-hydrogen) atoms. The number of hydrogen-bond acceptors (Lipinski definition) is 6. The molecule has 2 aromatic heterocycles. The molecule has 2 heterocycles. The van der Waals surface area contributed by atoms with Crippen LogP contribution >= 0.6 is 11.3 Å². The van der Waals surface area contributed by atoms with Crippen LogP contribution in [0.1, 0.15) is 53.3 Å². The SMILES string of the molecule is CC.NCCCCC(NC(=O)c1cccnc1)C(=O)c1nc2ccccc2s1. The predicted octanol–water partition coefficient (Wildman–Crippen LogP) is 3.83. The van der Waals surface area contributed by atoms with Gasteiger partial charge in [-0.2, -0.15) is 0 Å². The average molecular weight is 399 g/mol. The summed E-state index contributed by atoms with van der Waals surface area (Å²) in [5.41, 5.74) is 6.77. The third-order valence-corrected chi connectivity index (χ3v) is 5.05. The molecule has 6 nitrogen and oxygen atoms in total. The van der Waals surface area contributed by atoms with Gasteiger partial charge in [0.25, 0.3) is 5.91 Å². The zero-order chi connectivity index (χ0) is 20.4. The number of thiazole rings is 1. The summed E-state index contributed by atoms with van der Waals surface area (Å²) in [4.78, 5) is 33.8. The molecule has 1 unspecified atom stereocenters. The number of nitrogens with two attached hydrogens (primary N) is 1. The number of hydrogen-bond donors (Lipinski definition) is 2. The van der Waals surface area contributed by atoms with Crippen LogP contribution in [-0.4, -0.2) is 34.2 Å². The van der Waals surface area contributed by atoms with E-state index in [2.05, 4.69) is 15.3 Å². The quantitative estimate of drug-likeness (QED) is 0.444. The fourth-order valence-electron chi connectivity index (χ4n) is 2.63. The van der Waals surface area contributed by atoms with E-state index >= 15 is 0 Å². The zero-order valence-corrected chi connectivity index (χ0v) is 17.0. The summed E-state index contributed by atoms with van der Waals surface area (Å²) in [7, 11) is 0. The minimum Gasteiger partial charge on any atom is -0.342 e. The molecular formula is C21H26N4O2S. The van der Waals surface area contributed by atoms with Crippen molar-refractivity contribution in [3.05, 3.63) is 59.4 Å². The Bertz CT molecular complexity index is 863. The Labute approximate surface area is 169 Å². The normalized spacial score (nSPS) is 11.4. The third kappa shape index (κ3) is 5.68. The number of nitrogens with zero attached hydrogens (tertiary/aromatic N) is 2. The summed E-state index contributed by atoms with van der Waals surface area (Å²) in [5, 5.41) is 3.24. The van der Waals surface area contributed by atoms with Gasteiger partial charge in [0.05, 0.1) is 21.8 Å². The van der Waals surface area contributed by atoms with Gasteiger partial charge in [-0.25, -0.2) is 4.98 Å². The predicted molar refractivity (Wildman–Crippen MR) is 114 cm³/mol. The van der Waals surface area contributed by atoms with Gasteiger partial charge in [-0.3, -0.25) is 14.6 Å². The summed E-state index contributed by atoms with van der Waals surface area (Å²) in [5.74, 6) is -0.481. The number of aromatic nitrogens is 2. The van der Waals surface area contributed by atoms with E-state index in [1.54, 1.807) is 18.3 Å². The van der Waals surface area contributed by atoms with Crippen molar-refractivity contribution in [1.82, 2.24) is 15.3 Å². The first-order valence-corrected chi connectivity index (χ1v) is 10.3. The van der Waals surface area contributed by atoms with Crippen LogP contribution in [0.2, 0.25) is 0 Å². The molecule has 1 amide bonds. The highest BCUT2D eigenvalue weighted by Gasteiger charge is 2.25. The fourth-order valence-corrected chi connectivity index (χ4v) is 3.59. The van der Waals surface area contributed by atoms with Gasteiger partial charge >= 0.3 is 0 Å². The van der Waals surface area contributed by atoms with Gasteiger partial charge in [-0.05, 0) is 50.1 Å². The maximum absolute atomic E-state index is 13.0. The molecule has 148 valence electrons. The largest absolute Gasteiger partial charge is 0.342 e. The van der Waals surface area contributed by atoms with E-state index in [-0.39, 0.29) is 11.7 Å². The number of carbonyl (C=O) groups excluding carboxylic acids is 2. The molecule has 1 atom stereocenters. The van der Waals surface area contributed by atoms with Crippen LogP contribution in [0, 0.1) is 0 Å². The fraction of sp³-hybridized carbons (Fsp3) is 0.333. The molecule has 0 aliphatic carbocycles. The average Bonchev–Trinajstić information content (AvgIpc) is 3.19. The maximum Gasteiger partial charge on any atom is 0.253 e. The Balaban J connectivity index is 0.00000136. The number of ketones is 1. The van der Waals surface area contributed by atoms with E-state index < -0.39 is 6.04 Å². The molecule has 3 aromatic rings. The Morgan fingerprint density at radius 3 is 2.61 bits per heavy atom. The van der Waals surface area contributed by atoms with Crippen LogP contribution in [0.4, 0.5) is 0 Å². The van der Waals surface area contributed by atoms with Gasteiger partial charge in [0.2, 0.25) is 5.78 Å². The van der Waals surface area contributed by atoms with E-state index in [9.17, 15) is 9.59 Å². The molecule has 0 bridgehead atoms. The number of fused-ring (bicyclic) bond motifs is 1. The lowest BCUT2D eigenvalue weighted by molar-refractivity contribution is 0.0851.